The first-order valence-electron chi connectivity index (χ1n) is 16.8. The molecule has 6 rings (SSSR count). The van der Waals surface area contributed by atoms with Gasteiger partial charge in [0.2, 0.25) is 10.0 Å². The van der Waals surface area contributed by atoms with Gasteiger partial charge in [0.1, 0.15) is 0 Å². The van der Waals surface area contributed by atoms with Crippen molar-refractivity contribution in [2.45, 2.75) is 41.3 Å². The van der Waals surface area contributed by atoms with E-state index in [4.69, 9.17) is 10.5 Å². The number of sulfonamides is 1. The Morgan fingerprint density at radius 1 is 1.04 bits per heavy atom. The Morgan fingerprint density at radius 3 is 2.33 bits per heavy atom. The topological polar surface area (TPSA) is 174 Å². The van der Waals surface area contributed by atoms with Crippen molar-refractivity contribution in [3.8, 4) is 0 Å². The maximum Gasteiger partial charge on any atom is 0.421 e. The van der Waals surface area contributed by atoms with Crippen LogP contribution in [0.25, 0.3) is 10.2 Å². The second-order valence-electron chi connectivity index (χ2n) is 12.4. The molecular weight excluding hydrogens is 747 g/mol. The Kier molecular flexibility index (Phi) is 12.2. The lowest BCUT2D eigenvalue weighted by Gasteiger charge is -2.31. The molecule has 3 aromatic heterocycles. The average molecular weight is 786 g/mol. The molecule has 3 heterocycles. The number of rotatable bonds is 14. The predicted octanol–water partition coefficient (Wildman–Crippen LogP) is 5.34. The molecule has 6 aromatic rings. The molecule has 2 amide bonds. The maximum atomic E-state index is 14.4. The highest BCUT2D eigenvalue weighted by atomic mass is 32.2. The number of carbonyl (C=O) groups excluding carboxylic acids is 2. The zero-order valence-corrected chi connectivity index (χ0v) is 32.2. The second kappa shape index (κ2) is 17.0. The van der Waals surface area contributed by atoms with E-state index < -0.39 is 46.6 Å². The molecule has 13 nitrogen and oxygen atoms in total. The summed E-state index contributed by atoms with van der Waals surface area (Å²) in [6.07, 6.45) is 3.62. The molecule has 0 bridgehead atoms. The van der Waals surface area contributed by atoms with Gasteiger partial charge in [-0.05, 0) is 42.3 Å². The minimum atomic E-state index is -4.19. The molecule has 2 atom stereocenters. The molecule has 0 fully saturated rings. The van der Waals surface area contributed by atoms with Crippen LogP contribution in [0.1, 0.15) is 28.3 Å². The minimum Gasteiger partial charge on any atom is -0.452 e. The van der Waals surface area contributed by atoms with Crippen molar-refractivity contribution in [3.05, 3.63) is 131 Å². The zero-order chi connectivity index (χ0) is 38.4. The van der Waals surface area contributed by atoms with Crippen LogP contribution in [0.3, 0.4) is 0 Å². The van der Waals surface area contributed by atoms with Crippen molar-refractivity contribution in [3.63, 3.8) is 0 Å². The van der Waals surface area contributed by atoms with E-state index in [1.54, 1.807) is 48.6 Å². The summed E-state index contributed by atoms with van der Waals surface area (Å²) >= 11 is 2.48. The van der Waals surface area contributed by atoms with Crippen molar-refractivity contribution in [1.82, 2.24) is 24.1 Å². The van der Waals surface area contributed by atoms with Crippen molar-refractivity contribution in [2.75, 3.05) is 24.4 Å². The number of aliphatic hydroxyl groups excluding tert-OH is 1. The van der Waals surface area contributed by atoms with Gasteiger partial charge in [-0.1, -0.05) is 60.7 Å². The first kappa shape index (κ1) is 38.7. The van der Waals surface area contributed by atoms with E-state index in [0.717, 1.165) is 34.9 Å². The summed E-state index contributed by atoms with van der Waals surface area (Å²) in [5.41, 5.74) is 12.1. The van der Waals surface area contributed by atoms with Crippen molar-refractivity contribution in [1.29, 1.82) is 0 Å². The standard InChI is InChI=1S/C38H39N7O6S3/c1-25-28(20-43(2)42-25)21-44(54(49,50)30-14-15-31-34(18-30)53-24-41-31)29(22-46)23-52-33-16-17-40-19-32(33)45(38(48)51-3)37(47)36(39)35(26-10-6-4-7-11-26)27-12-8-5-9-13-27/h4-20,24,29,35-36,46H,21-23,39H2,1-3H3/t29-,36+/m1/s1. The van der Waals surface area contributed by atoms with Gasteiger partial charge in [0.05, 0.1) is 64.0 Å². The highest BCUT2D eigenvalue weighted by Gasteiger charge is 2.37. The van der Waals surface area contributed by atoms with Gasteiger partial charge in [-0.2, -0.15) is 9.40 Å². The molecular formula is C38H39N7O6S3. The van der Waals surface area contributed by atoms with Crippen molar-refractivity contribution < 1.29 is 27.9 Å². The third-order valence-electron chi connectivity index (χ3n) is 8.94. The van der Waals surface area contributed by atoms with Crippen molar-refractivity contribution >= 4 is 61.0 Å². The van der Waals surface area contributed by atoms with Gasteiger partial charge >= 0.3 is 6.09 Å². The summed E-state index contributed by atoms with van der Waals surface area (Å²) in [7, 11) is -1.27. The highest BCUT2D eigenvalue weighted by molar-refractivity contribution is 7.99. The minimum absolute atomic E-state index is 0.0285. The monoisotopic (exact) mass is 785 g/mol. The fraction of sp³-hybridized carbons (Fsp3) is 0.237. The summed E-state index contributed by atoms with van der Waals surface area (Å²) in [4.78, 5) is 37.7. The van der Waals surface area contributed by atoms with Gasteiger partial charge in [0.15, 0.2) is 0 Å². The lowest BCUT2D eigenvalue weighted by molar-refractivity contribution is -0.119. The number of hydrogen-bond acceptors (Lipinski definition) is 12. The van der Waals surface area contributed by atoms with E-state index in [1.807, 2.05) is 60.7 Å². The van der Waals surface area contributed by atoms with E-state index >= 15 is 0 Å². The quantitative estimate of drug-likeness (QED) is 0.137. The lowest BCUT2D eigenvalue weighted by atomic mass is 9.85. The second-order valence-corrected chi connectivity index (χ2v) is 16.2. The summed E-state index contributed by atoms with van der Waals surface area (Å²) in [5.74, 6) is -1.32. The van der Waals surface area contributed by atoms with Gasteiger partial charge in [0, 0.05) is 48.1 Å². The van der Waals surface area contributed by atoms with E-state index in [2.05, 4.69) is 15.1 Å². The van der Waals surface area contributed by atoms with Crippen LogP contribution in [-0.2, 0) is 33.1 Å². The summed E-state index contributed by atoms with van der Waals surface area (Å²) in [6.45, 7) is 1.19. The highest BCUT2D eigenvalue weighted by Crippen LogP contribution is 2.35. The smallest absolute Gasteiger partial charge is 0.421 e. The first-order valence-corrected chi connectivity index (χ1v) is 20.1. The third-order valence-corrected chi connectivity index (χ3v) is 12.8. The fourth-order valence-electron chi connectivity index (χ4n) is 6.21. The Bertz CT molecular complexity index is 2300. The molecule has 16 heteroatoms. The molecule has 0 saturated carbocycles. The number of amides is 2. The molecule has 0 spiro atoms. The molecule has 0 aliphatic rings. The van der Waals surface area contributed by atoms with E-state index in [0.29, 0.717) is 26.4 Å². The van der Waals surface area contributed by atoms with Crippen LogP contribution in [0.2, 0.25) is 0 Å². The number of ether oxygens (including phenoxy) is 1. The van der Waals surface area contributed by atoms with Gasteiger partial charge in [-0.3, -0.25) is 14.5 Å². The number of benzene rings is 3. The number of hydrogen-bond donors (Lipinski definition) is 2. The van der Waals surface area contributed by atoms with Crippen LogP contribution < -0.4 is 10.6 Å². The lowest BCUT2D eigenvalue weighted by Crippen LogP contribution is -2.50. The van der Waals surface area contributed by atoms with Crippen LogP contribution in [0.15, 0.2) is 119 Å². The number of imide groups is 1. The normalized spacial score (nSPS) is 12.9. The number of aromatic nitrogens is 4. The summed E-state index contributed by atoms with van der Waals surface area (Å²) < 4.78 is 37.5. The van der Waals surface area contributed by atoms with Gasteiger partial charge < -0.3 is 15.6 Å². The number of thiazole rings is 1. The van der Waals surface area contributed by atoms with Gasteiger partial charge in [0.25, 0.3) is 5.91 Å². The number of nitrogens with zero attached hydrogens (tertiary/aromatic N) is 6. The molecule has 3 N–H and O–H groups in total. The number of pyridine rings is 1. The molecule has 0 radical (unpaired) electrons. The Balaban J connectivity index is 1.34. The number of aliphatic hydroxyl groups is 1. The number of aryl methyl sites for hydroxylation is 2. The Morgan fingerprint density at radius 2 is 1.72 bits per heavy atom. The number of anilines is 1. The number of fused-ring (bicyclic) bond motifs is 1. The van der Waals surface area contributed by atoms with Crippen molar-refractivity contribution in [2.24, 2.45) is 12.8 Å². The van der Waals surface area contributed by atoms with Gasteiger partial charge in [-0.15, -0.1) is 23.1 Å². The molecule has 0 saturated heterocycles. The number of thioether (sulfide) groups is 1. The molecule has 0 unspecified atom stereocenters. The average Bonchev–Trinajstić information content (AvgIpc) is 3.80. The third kappa shape index (κ3) is 8.23. The maximum absolute atomic E-state index is 14.4. The van der Waals surface area contributed by atoms with E-state index in [9.17, 15) is 23.1 Å². The number of methoxy groups -OCH3 is 1. The van der Waals surface area contributed by atoms with E-state index in [1.165, 1.54) is 34.1 Å². The molecule has 54 heavy (non-hydrogen) atoms. The first-order chi connectivity index (χ1) is 26.0. The summed E-state index contributed by atoms with van der Waals surface area (Å²) in [6, 6.07) is 22.8. The Labute approximate surface area is 321 Å². The van der Waals surface area contributed by atoms with Crippen LogP contribution in [0, 0.1) is 6.92 Å². The summed E-state index contributed by atoms with van der Waals surface area (Å²) in [5, 5.41) is 15.2. The molecule has 0 aliphatic carbocycles. The van der Waals surface area contributed by atoms with Crippen LogP contribution in [0.5, 0.6) is 0 Å². The molecule has 280 valence electrons. The van der Waals surface area contributed by atoms with Crippen LogP contribution in [-0.4, -0.2) is 81.1 Å². The zero-order valence-electron chi connectivity index (χ0n) is 29.7. The van der Waals surface area contributed by atoms with Crippen LogP contribution in [0.4, 0.5) is 10.5 Å². The van der Waals surface area contributed by atoms with E-state index in [-0.39, 0.29) is 22.9 Å². The van der Waals surface area contributed by atoms with Crippen LogP contribution >= 0.6 is 23.1 Å². The largest absolute Gasteiger partial charge is 0.452 e. The Hall–Kier alpha value is -4.97. The fourth-order valence-corrected chi connectivity index (χ4v) is 9.82. The number of carbonyl (C=O) groups is 2. The molecule has 3 aromatic carbocycles. The SMILES string of the molecule is COC(=O)N(C(=O)[C@@H](N)C(c1ccccc1)c1ccccc1)c1cnccc1SC[C@@H](CO)N(Cc1cn(C)nc1C)S(=O)(=O)c1ccc2ncsc2c1. The predicted molar refractivity (Wildman–Crippen MR) is 209 cm³/mol. The molecule has 0 aliphatic heterocycles. The number of nitrogens with two attached hydrogens (primary N) is 1. The van der Waals surface area contributed by atoms with Gasteiger partial charge in [-0.25, -0.2) is 23.1 Å².